The summed E-state index contributed by atoms with van der Waals surface area (Å²) in [4.78, 5) is 16.3. The predicted molar refractivity (Wildman–Crippen MR) is 101 cm³/mol. The summed E-state index contributed by atoms with van der Waals surface area (Å²) in [6.45, 7) is 3.72. The van der Waals surface area contributed by atoms with Gasteiger partial charge in [-0.3, -0.25) is 9.69 Å². The van der Waals surface area contributed by atoms with Crippen LogP contribution in [0.2, 0.25) is 0 Å². The van der Waals surface area contributed by atoms with Gasteiger partial charge in [-0.15, -0.1) is 11.3 Å². The normalized spacial score (nSPS) is 16.1. The van der Waals surface area contributed by atoms with Gasteiger partial charge in [0.15, 0.2) is 0 Å². The van der Waals surface area contributed by atoms with E-state index in [1.807, 2.05) is 6.07 Å². The molecule has 0 unspecified atom stereocenters. The van der Waals surface area contributed by atoms with Crippen molar-refractivity contribution in [2.75, 3.05) is 47.1 Å². The molecule has 1 saturated heterocycles. The first-order chi connectivity index (χ1) is 12.7. The maximum absolute atomic E-state index is 12.7. The molecule has 26 heavy (non-hydrogen) atoms. The van der Waals surface area contributed by atoms with Crippen molar-refractivity contribution in [3.63, 3.8) is 0 Å². The van der Waals surface area contributed by atoms with E-state index in [4.69, 9.17) is 14.2 Å². The van der Waals surface area contributed by atoms with E-state index in [1.54, 1.807) is 43.8 Å². The lowest BCUT2D eigenvalue weighted by molar-refractivity contribution is 0.0169. The Bertz CT molecular complexity index is 692. The lowest BCUT2D eigenvalue weighted by Crippen LogP contribution is -2.43. The third kappa shape index (κ3) is 4.55. The van der Waals surface area contributed by atoms with Crippen LogP contribution in [-0.2, 0) is 4.74 Å². The number of hydrogen-bond donors (Lipinski definition) is 1. The van der Waals surface area contributed by atoms with Crippen molar-refractivity contribution in [1.29, 1.82) is 0 Å². The van der Waals surface area contributed by atoms with E-state index < -0.39 is 0 Å². The van der Waals surface area contributed by atoms with Crippen LogP contribution in [0.3, 0.4) is 0 Å². The molecule has 0 bridgehead atoms. The highest BCUT2D eigenvalue weighted by Gasteiger charge is 2.24. The number of morpholine rings is 1. The zero-order valence-electron chi connectivity index (χ0n) is 15.1. The van der Waals surface area contributed by atoms with Crippen LogP contribution >= 0.6 is 11.3 Å². The first-order valence-electron chi connectivity index (χ1n) is 8.57. The molecule has 1 amide bonds. The number of rotatable bonds is 7. The third-order valence-electron chi connectivity index (χ3n) is 4.43. The average Bonchev–Trinajstić information content (AvgIpc) is 3.22. The number of nitrogens with zero attached hydrogens (tertiary/aromatic N) is 1. The number of nitrogens with one attached hydrogen (secondary N) is 1. The van der Waals surface area contributed by atoms with Crippen LogP contribution in [0, 0.1) is 0 Å². The maximum atomic E-state index is 12.7. The van der Waals surface area contributed by atoms with E-state index in [0.29, 0.717) is 23.6 Å². The summed E-state index contributed by atoms with van der Waals surface area (Å²) in [7, 11) is 3.14. The van der Waals surface area contributed by atoms with E-state index in [1.165, 1.54) is 4.88 Å². The molecular formula is C19H24N2O4S. The summed E-state index contributed by atoms with van der Waals surface area (Å²) < 4.78 is 16.0. The van der Waals surface area contributed by atoms with Crippen LogP contribution in [0.1, 0.15) is 21.3 Å². The zero-order valence-corrected chi connectivity index (χ0v) is 15.9. The van der Waals surface area contributed by atoms with E-state index in [0.717, 1.165) is 26.3 Å². The molecule has 2 aromatic rings. The number of carbonyl (C=O) groups excluding carboxylic acids is 1. The first-order valence-corrected chi connectivity index (χ1v) is 9.45. The predicted octanol–water partition coefficient (Wildman–Crippen LogP) is 2.57. The van der Waals surface area contributed by atoms with E-state index in [2.05, 4.69) is 21.7 Å². The Morgan fingerprint density at radius 3 is 2.50 bits per heavy atom. The fourth-order valence-corrected chi connectivity index (χ4v) is 3.87. The molecule has 6 nitrogen and oxygen atoms in total. The van der Waals surface area contributed by atoms with Gasteiger partial charge in [0.05, 0.1) is 33.5 Å². The monoisotopic (exact) mass is 376 g/mol. The molecule has 1 N–H and O–H groups in total. The number of thiophene rings is 1. The lowest BCUT2D eigenvalue weighted by atomic mass is 10.1. The lowest BCUT2D eigenvalue weighted by Gasteiger charge is -2.34. The molecule has 0 radical (unpaired) electrons. The van der Waals surface area contributed by atoms with Gasteiger partial charge < -0.3 is 19.5 Å². The van der Waals surface area contributed by atoms with Crippen molar-refractivity contribution in [3.05, 3.63) is 46.2 Å². The van der Waals surface area contributed by atoms with Gasteiger partial charge in [0.2, 0.25) is 0 Å². The highest BCUT2D eigenvalue weighted by molar-refractivity contribution is 7.10. The number of hydrogen-bond acceptors (Lipinski definition) is 6. The summed E-state index contributed by atoms with van der Waals surface area (Å²) in [5, 5.41) is 5.13. The van der Waals surface area contributed by atoms with Crippen molar-refractivity contribution in [1.82, 2.24) is 10.2 Å². The van der Waals surface area contributed by atoms with Gasteiger partial charge in [-0.2, -0.15) is 0 Å². The standard InChI is InChI=1S/C19H24N2O4S/c1-23-15-10-14(11-16(12-15)24-2)19(22)20-13-17(18-4-3-9-26-18)21-5-7-25-8-6-21/h3-4,9-12,17H,5-8,13H2,1-2H3,(H,20,22)/t17-/m0/s1. The van der Waals surface area contributed by atoms with E-state index in [9.17, 15) is 4.79 Å². The van der Waals surface area contributed by atoms with Crippen LogP contribution in [0.4, 0.5) is 0 Å². The number of amides is 1. The topological polar surface area (TPSA) is 60.0 Å². The summed E-state index contributed by atoms with van der Waals surface area (Å²) in [6.07, 6.45) is 0. The molecular weight excluding hydrogens is 352 g/mol. The second-order valence-corrected chi connectivity index (χ2v) is 6.97. The van der Waals surface area contributed by atoms with Gasteiger partial charge in [-0.1, -0.05) is 6.07 Å². The van der Waals surface area contributed by atoms with Crippen LogP contribution < -0.4 is 14.8 Å². The summed E-state index contributed by atoms with van der Waals surface area (Å²) in [5.74, 6) is 1.05. The minimum Gasteiger partial charge on any atom is -0.497 e. The molecule has 0 saturated carbocycles. The highest BCUT2D eigenvalue weighted by atomic mass is 32.1. The molecule has 2 heterocycles. The third-order valence-corrected chi connectivity index (χ3v) is 5.40. The number of methoxy groups -OCH3 is 2. The largest absolute Gasteiger partial charge is 0.497 e. The molecule has 0 spiro atoms. The van der Waals surface area contributed by atoms with E-state index >= 15 is 0 Å². The second kappa shape index (κ2) is 9.02. The minimum atomic E-state index is -0.142. The molecule has 1 aromatic heterocycles. The van der Waals surface area contributed by atoms with Crippen LogP contribution in [-0.4, -0.2) is 57.9 Å². The van der Waals surface area contributed by atoms with Gasteiger partial charge in [-0.05, 0) is 23.6 Å². The minimum absolute atomic E-state index is 0.142. The Labute approximate surface area is 157 Å². The van der Waals surface area contributed by atoms with Crippen molar-refractivity contribution < 1.29 is 19.0 Å². The molecule has 1 fully saturated rings. The molecule has 140 valence electrons. The van der Waals surface area contributed by atoms with Crippen LogP contribution in [0.15, 0.2) is 35.7 Å². The Kier molecular flexibility index (Phi) is 6.49. The van der Waals surface area contributed by atoms with Crippen molar-refractivity contribution >= 4 is 17.2 Å². The highest BCUT2D eigenvalue weighted by Crippen LogP contribution is 2.26. The van der Waals surface area contributed by atoms with Crippen molar-refractivity contribution in [2.45, 2.75) is 6.04 Å². The Balaban J connectivity index is 1.71. The molecule has 3 rings (SSSR count). The van der Waals surface area contributed by atoms with Gasteiger partial charge >= 0.3 is 0 Å². The second-order valence-electron chi connectivity index (χ2n) is 5.99. The van der Waals surface area contributed by atoms with Crippen molar-refractivity contribution in [3.8, 4) is 11.5 Å². The molecule has 1 aromatic carbocycles. The van der Waals surface area contributed by atoms with E-state index in [-0.39, 0.29) is 11.9 Å². The summed E-state index contributed by atoms with van der Waals surface area (Å²) in [6, 6.07) is 9.49. The van der Waals surface area contributed by atoms with Crippen LogP contribution in [0.25, 0.3) is 0 Å². The Morgan fingerprint density at radius 1 is 1.23 bits per heavy atom. The SMILES string of the molecule is COc1cc(OC)cc(C(=O)NC[C@@H](c2cccs2)N2CCOCC2)c1. The number of carbonyl (C=O) groups is 1. The Hall–Kier alpha value is -2.09. The summed E-state index contributed by atoms with van der Waals surface area (Å²) in [5.41, 5.74) is 0.521. The first kappa shape index (κ1) is 18.7. The fourth-order valence-electron chi connectivity index (χ4n) is 3.01. The van der Waals surface area contributed by atoms with Gasteiger partial charge in [0, 0.05) is 36.1 Å². The van der Waals surface area contributed by atoms with Crippen molar-refractivity contribution in [2.24, 2.45) is 0 Å². The molecule has 1 aliphatic rings. The Morgan fingerprint density at radius 2 is 1.92 bits per heavy atom. The molecule has 1 atom stereocenters. The summed E-state index contributed by atoms with van der Waals surface area (Å²) >= 11 is 1.71. The van der Waals surface area contributed by atoms with Gasteiger partial charge in [0.1, 0.15) is 11.5 Å². The number of ether oxygens (including phenoxy) is 3. The molecule has 1 aliphatic heterocycles. The van der Waals surface area contributed by atoms with Gasteiger partial charge in [0.25, 0.3) is 5.91 Å². The fraction of sp³-hybridized carbons (Fsp3) is 0.421. The molecule has 0 aliphatic carbocycles. The van der Waals surface area contributed by atoms with Gasteiger partial charge in [-0.25, -0.2) is 0 Å². The smallest absolute Gasteiger partial charge is 0.251 e. The molecule has 7 heteroatoms. The number of benzene rings is 1. The quantitative estimate of drug-likeness (QED) is 0.805. The van der Waals surface area contributed by atoms with Crippen LogP contribution in [0.5, 0.6) is 11.5 Å². The zero-order chi connectivity index (χ0) is 18.4. The maximum Gasteiger partial charge on any atom is 0.251 e. The average molecular weight is 376 g/mol.